The van der Waals surface area contributed by atoms with Gasteiger partial charge in [-0.25, -0.2) is 8.42 Å². The van der Waals surface area contributed by atoms with Crippen molar-refractivity contribution in [1.82, 2.24) is 14.4 Å². The zero-order valence-electron chi connectivity index (χ0n) is 13.1. The molecule has 0 spiro atoms. The Morgan fingerprint density at radius 3 is 2.44 bits per heavy atom. The fourth-order valence-corrected chi connectivity index (χ4v) is 3.60. The minimum Gasteiger partial charge on any atom is -0.338 e. The highest BCUT2D eigenvalue weighted by Crippen LogP contribution is 2.25. The summed E-state index contributed by atoms with van der Waals surface area (Å²) in [6, 6.07) is 13.0. The Morgan fingerprint density at radius 1 is 1.08 bits per heavy atom. The summed E-state index contributed by atoms with van der Waals surface area (Å²) in [5, 5.41) is 4.80. The summed E-state index contributed by atoms with van der Waals surface area (Å²) in [4.78, 5) is 4.34. The van der Waals surface area contributed by atoms with E-state index >= 15 is 0 Å². The highest BCUT2D eigenvalue weighted by Gasteiger charge is 2.23. The number of sulfonamides is 1. The molecule has 3 aromatic rings. The lowest BCUT2D eigenvalue weighted by molar-refractivity contribution is 0.337. The Bertz CT molecular complexity index is 988. The molecule has 0 aliphatic heterocycles. The van der Waals surface area contributed by atoms with Crippen LogP contribution in [0.2, 0.25) is 10.0 Å². The van der Waals surface area contributed by atoms with Gasteiger partial charge in [0.2, 0.25) is 21.7 Å². The Hall–Kier alpha value is -1.93. The third kappa shape index (κ3) is 3.85. The Morgan fingerprint density at radius 2 is 1.76 bits per heavy atom. The van der Waals surface area contributed by atoms with E-state index in [1.165, 1.54) is 31.3 Å². The second-order valence-corrected chi connectivity index (χ2v) is 8.10. The predicted octanol–water partition coefficient (Wildman–Crippen LogP) is 3.86. The summed E-state index contributed by atoms with van der Waals surface area (Å²) in [6.45, 7) is -0.0671. The van der Waals surface area contributed by atoms with E-state index in [0.717, 1.165) is 4.31 Å². The number of rotatable bonds is 5. The van der Waals surface area contributed by atoms with Crippen molar-refractivity contribution >= 4 is 33.2 Å². The summed E-state index contributed by atoms with van der Waals surface area (Å²) in [7, 11) is -2.26. The molecule has 130 valence electrons. The number of halogens is 2. The van der Waals surface area contributed by atoms with Crippen LogP contribution >= 0.6 is 23.2 Å². The van der Waals surface area contributed by atoms with Crippen molar-refractivity contribution in [2.24, 2.45) is 0 Å². The average molecular weight is 398 g/mol. The smallest absolute Gasteiger partial charge is 0.243 e. The summed E-state index contributed by atoms with van der Waals surface area (Å²) >= 11 is 11.9. The van der Waals surface area contributed by atoms with E-state index in [-0.39, 0.29) is 17.3 Å². The zero-order valence-corrected chi connectivity index (χ0v) is 15.4. The average Bonchev–Trinajstić information content (AvgIpc) is 3.04. The van der Waals surface area contributed by atoms with Gasteiger partial charge in [-0.3, -0.25) is 0 Å². The lowest BCUT2D eigenvalue weighted by Crippen LogP contribution is -2.26. The number of benzene rings is 2. The lowest BCUT2D eigenvalue weighted by atomic mass is 10.2. The minimum atomic E-state index is -3.70. The topological polar surface area (TPSA) is 76.3 Å². The fraction of sp³-hybridized carbons (Fsp3) is 0.125. The molecule has 0 bridgehead atoms. The largest absolute Gasteiger partial charge is 0.338 e. The van der Waals surface area contributed by atoms with Crippen molar-refractivity contribution < 1.29 is 12.9 Å². The molecule has 6 nitrogen and oxygen atoms in total. The highest BCUT2D eigenvalue weighted by atomic mass is 35.5. The maximum absolute atomic E-state index is 12.6. The van der Waals surface area contributed by atoms with Gasteiger partial charge < -0.3 is 4.52 Å². The predicted molar refractivity (Wildman–Crippen MR) is 94.8 cm³/mol. The molecule has 25 heavy (non-hydrogen) atoms. The van der Waals surface area contributed by atoms with Crippen molar-refractivity contribution in [2.45, 2.75) is 11.4 Å². The summed E-state index contributed by atoms with van der Waals surface area (Å²) in [5.41, 5.74) is 0.613. The van der Waals surface area contributed by atoms with Gasteiger partial charge in [-0.2, -0.15) is 9.29 Å². The first-order valence-corrected chi connectivity index (χ1v) is 9.37. The van der Waals surface area contributed by atoms with E-state index in [2.05, 4.69) is 10.1 Å². The molecule has 1 aromatic heterocycles. The Kier molecular flexibility index (Phi) is 5.10. The standard InChI is InChI=1S/C16H13Cl2N3O3S/c1-21(25(22,23)12-8-6-11(17)7-9-12)10-15-19-16(20-24-15)13-4-2-3-5-14(13)18/h2-9H,10H2,1H3. The molecule has 1 heterocycles. The van der Waals surface area contributed by atoms with Gasteiger partial charge in [0.15, 0.2) is 0 Å². The van der Waals surface area contributed by atoms with Gasteiger partial charge in [-0.1, -0.05) is 40.5 Å². The number of hydrogen-bond acceptors (Lipinski definition) is 5. The van der Waals surface area contributed by atoms with E-state index in [0.29, 0.717) is 21.4 Å². The molecule has 0 amide bonds. The summed E-state index contributed by atoms with van der Waals surface area (Å²) < 4.78 is 31.4. The van der Waals surface area contributed by atoms with Crippen LogP contribution in [0.25, 0.3) is 11.4 Å². The molecule has 0 aliphatic carbocycles. The normalized spacial score (nSPS) is 11.8. The van der Waals surface area contributed by atoms with Crippen LogP contribution in [0.5, 0.6) is 0 Å². The molecule has 0 aliphatic rings. The number of nitrogens with zero attached hydrogens (tertiary/aromatic N) is 3. The van der Waals surface area contributed by atoms with Gasteiger partial charge in [0.25, 0.3) is 0 Å². The van der Waals surface area contributed by atoms with Crippen molar-refractivity contribution in [1.29, 1.82) is 0 Å². The van der Waals surface area contributed by atoms with Crippen molar-refractivity contribution in [3.8, 4) is 11.4 Å². The van der Waals surface area contributed by atoms with Gasteiger partial charge >= 0.3 is 0 Å². The first-order chi connectivity index (χ1) is 11.9. The van der Waals surface area contributed by atoms with E-state index in [9.17, 15) is 8.42 Å². The van der Waals surface area contributed by atoms with Crippen molar-refractivity contribution in [3.05, 3.63) is 64.5 Å². The highest BCUT2D eigenvalue weighted by molar-refractivity contribution is 7.89. The van der Waals surface area contributed by atoms with Crippen LogP contribution in [-0.2, 0) is 16.6 Å². The molecule has 0 N–H and O–H groups in total. The Balaban J connectivity index is 1.81. The molecule has 3 rings (SSSR count). The lowest BCUT2D eigenvalue weighted by Gasteiger charge is -2.14. The Labute approximate surface area is 155 Å². The second-order valence-electron chi connectivity index (χ2n) is 5.21. The van der Waals surface area contributed by atoms with E-state index < -0.39 is 10.0 Å². The zero-order chi connectivity index (χ0) is 18.0. The van der Waals surface area contributed by atoms with E-state index in [1.807, 2.05) is 0 Å². The van der Waals surface area contributed by atoms with Gasteiger partial charge in [0.1, 0.15) is 0 Å². The number of hydrogen-bond donors (Lipinski definition) is 0. The van der Waals surface area contributed by atoms with E-state index in [4.69, 9.17) is 27.7 Å². The van der Waals surface area contributed by atoms with Crippen LogP contribution in [0.15, 0.2) is 57.9 Å². The molecule has 2 aromatic carbocycles. The van der Waals surface area contributed by atoms with Crippen LogP contribution in [0.4, 0.5) is 0 Å². The van der Waals surface area contributed by atoms with Crippen molar-refractivity contribution in [2.75, 3.05) is 7.05 Å². The molecule has 0 fully saturated rings. The summed E-state index contributed by atoms with van der Waals surface area (Å²) in [5.74, 6) is 0.466. The third-order valence-electron chi connectivity index (χ3n) is 3.46. The van der Waals surface area contributed by atoms with Gasteiger partial charge in [0.05, 0.1) is 16.5 Å². The minimum absolute atomic E-state index is 0.0671. The van der Waals surface area contributed by atoms with Crippen LogP contribution in [0.1, 0.15) is 5.89 Å². The first-order valence-electron chi connectivity index (χ1n) is 7.17. The third-order valence-corrected chi connectivity index (χ3v) is 5.86. The van der Waals surface area contributed by atoms with Gasteiger partial charge in [-0.15, -0.1) is 0 Å². The van der Waals surface area contributed by atoms with Crippen LogP contribution in [-0.4, -0.2) is 29.9 Å². The van der Waals surface area contributed by atoms with Crippen LogP contribution in [0, 0.1) is 0 Å². The number of aromatic nitrogens is 2. The molecule has 0 radical (unpaired) electrons. The van der Waals surface area contributed by atoms with Gasteiger partial charge in [-0.05, 0) is 36.4 Å². The SMILES string of the molecule is CN(Cc1nc(-c2ccccc2Cl)no1)S(=O)(=O)c1ccc(Cl)cc1. The second kappa shape index (κ2) is 7.13. The molecule has 0 atom stereocenters. The molecular formula is C16H13Cl2N3O3S. The molecule has 0 saturated carbocycles. The fourth-order valence-electron chi connectivity index (χ4n) is 2.13. The van der Waals surface area contributed by atoms with Crippen molar-refractivity contribution in [3.63, 3.8) is 0 Å². The van der Waals surface area contributed by atoms with Crippen LogP contribution in [0.3, 0.4) is 0 Å². The summed E-state index contributed by atoms with van der Waals surface area (Å²) in [6.07, 6.45) is 0. The maximum atomic E-state index is 12.6. The monoisotopic (exact) mass is 397 g/mol. The quantitative estimate of drug-likeness (QED) is 0.652. The van der Waals surface area contributed by atoms with E-state index in [1.54, 1.807) is 24.3 Å². The van der Waals surface area contributed by atoms with Crippen LogP contribution < -0.4 is 0 Å². The maximum Gasteiger partial charge on any atom is 0.243 e. The van der Waals surface area contributed by atoms with Gasteiger partial charge in [0, 0.05) is 17.6 Å². The molecule has 0 saturated heterocycles. The first kappa shape index (κ1) is 17.9. The molecule has 0 unspecified atom stereocenters. The molecule has 9 heteroatoms. The molecular weight excluding hydrogens is 385 g/mol.